The first-order valence-corrected chi connectivity index (χ1v) is 7.37. The Morgan fingerprint density at radius 1 is 1.37 bits per heavy atom. The maximum Gasteiger partial charge on any atom is 0.137 e. The molecule has 0 heterocycles. The number of carbonyl (C=O) groups is 1. The first-order valence-electron chi connectivity index (χ1n) is 7.37. The minimum absolute atomic E-state index is 0.0256. The van der Waals surface area contributed by atoms with Gasteiger partial charge in [-0.25, -0.2) is 0 Å². The third-order valence-electron chi connectivity index (χ3n) is 4.62. The Morgan fingerprint density at radius 3 is 2.79 bits per heavy atom. The second kappa shape index (κ2) is 6.18. The fourth-order valence-electron chi connectivity index (χ4n) is 3.43. The predicted molar refractivity (Wildman–Crippen MR) is 80.2 cm³/mol. The van der Waals surface area contributed by atoms with Crippen molar-refractivity contribution >= 4 is 5.78 Å². The van der Waals surface area contributed by atoms with Crippen LogP contribution in [-0.2, 0) is 10.2 Å². The third kappa shape index (κ3) is 2.97. The van der Waals surface area contributed by atoms with E-state index in [-0.39, 0.29) is 11.3 Å². The minimum Gasteiger partial charge on any atom is -0.299 e. The lowest BCUT2D eigenvalue weighted by Gasteiger charge is -2.41. The van der Waals surface area contributed by atoms with E-state index in [9.17, 15) is 4.79 Å². The van der Waals surface area contributed by atoms with Gasteiger partial charge in [-0.05, 0) is 24.8 Å². The summed E-state index contributed by atoms with van der Waals surface area (Å²) in [7, 11) is 0. The number of hydrogen-bond acceptors (Lipinski definition) is 1. The van der Waals surface area contributed by atoms with E-state index in [1.54, 1.807) is 0 Å². The molecule has 19 heavy (non-hydrogen) atoms. The van der Waals surface area contributed by atoms with Gasteiger partial charge in [0.25, 0.3) is 0 Å². The van der Waals surface area contributed by atoms with Crippen LogP contribution in [0, 0.1) is 5.92 Å². The molecule has 102 valence electrons. The number of rotatable bonds is 5. The molecule has 0 aromatic heterocycles. The molecular weight excluding hydrogens is 232 g/mol. The highest BCUT2D eigenvalue weighted by atomic mass is 16.1. The van der Waals surface area contributed by atoms with Gasteiger partial charge in [0, 0.05) is 17.8 Å². The van der Waals surface area contributed by atoms with E-state index in [1.807, 2.05) is 12.1 Å². The average molecular weight is 256 g/mol. The summed E-state index contributed by atoms with van der Waals surface area (Å²) in [6.45, 7) is 6.00. The Balaban J connectivity index is 2.24. The molecule has 1 saturated carbocycles. The Kier molecular flexibility index (Phi) is 4.57. The quantitative estimate of drug-likeness (QED) is 0.700. The molecule has 0 saturated heterocycles. The van der Waals surface area contributed by atoms with Crippen LogP contribution in [0.4, 0.5) is 0 Å². The molecule has 1 aliphatic rings. The van der Waals surface area contributed by atoms with Crippen LogP contribution in [0.15, 0.2) is 43.0 Å². The number of benzene rings is 1. The van der Waals surface area contributed by atoms with Crippen LogP contribution in [0.25, 0.3) is 0 Å². The molecule has 0 N–H and O–H groups in total. The van der Waals surface area contributed by atoms with Crippen molar-refractivity contribution < 1.29 is 4.79 Å². The predicted octanol–water partition coefficient (Wildman–Crippen LogP) is 4.67. The van der Waals surface area contributed by atoms with Crippen molar-refractivity contribution in [1.82, 2.24) is 0 Å². The van der Waals surface area contributed by atoms with Gasteiger partial charge in [-0.1, -0.05) is 56.2 Å². The molecule has 1 fully saturated rings. The Bertz CT molecular complexity index is 434. The average Bonchev–Trinajstić information content (AvgIpc) is 2.46. The molecule has 0 spiro atoms. The van der Waals surface area contributed by atoms with Crippen molar-refractivity contribution in [3.8, 4) is 0 Å². The van der Waals surface area contributed by atoms with Crippen molar-refractivity contribution in [3.05, 3.63) is 48.6 Å². The van der Waals surface area contributed by atoms with Crippen molar-refractivity contribution in [2.75, 3.05) is 0 Å². The molecule has 0 radical (unpaired) electrons. The molecule has 1 aromatic carbocycles. The second-order valence-electron chi connectivity index (χ2n) is 5.88. The van der Waals surface area contributed by atoms with Crippen LogP contribution in [0.2, 0.25) is 0 Å². The Hall–Kier alpha value is -1.37. The lowest BCUT2D eigenvalue weighted by atomic mass is 9.62. The maximum atomic E-state index is 12.5. The topological polar surface area (TPSA) is 17.1 Å². The number of hydrogen-bond donors (Lipinski definition) is 0. The highest BCUT2D eigenvalue weighted by Crippen LogP contribution is 2.44. The standard InChI is InChI=1S/C18H24O/c1-3-4-13-17(19)16-12-8-9-14-18(16,2)15-10-6-5-7-11-15/h3,5-7,10-11,16H,1,4,8-9,12-14H2,2H3. The van der Waals surface area contributed by atoms with Gasteiger partial charge in [-0.15, -0.1) is 6.58 Å². The summed E-state index contributed by atoms with van der Waals surface area (Å²) in [5.74, 6) is 0.606. The molecule has 0 amide bonds. The molecule has 1 aliphatic carbocycles. The Labute approximate surface area is 116 Å². The van der Waals surface area contributed by atoms with E-state index in [1.165, 1.54) is 18.4 Å². The maximum absolute atomic E-state index is 12.5. The molecule has 1 heteroatoms. The minimum atomic E-state index is 0.0256. The van der Waals surface area contributed by atoms with Crippen molar-refractivity contribution in [3.63, 3.8) is 0 Å². The lowest BCUT2D eigenvalue weighted by Crippen LogP contribution is -2.40. The van der Waals surface area contributed by atoms with Gasteiger partial charge < -0.3 is 0 Å². The summed E-state index contributed by atoms with van der Waals surface area (Å²) in [5, 5.41) is 0. The van der Waals surface area contributed by atoms with E-state index < -0.39 is 0 Å². The number of ketones is 1. The molecule has 2 atom stereocenters. The second-order valence-corrected chi connectivity index (χ2v) is 5.88. The monoisotopic (exact) mass is 256 g/mol. The lowest BCUT2D eigenvalue weighted by molar-refractivity contribution is -0.126. The van der Waals surface area contributed by atoms with Gasteiger partial charge in [0.15, 0.2) is 0 Å². The number of Topliss-reactive ketones (excluding diaryl/α,β-unsaturated/α-hetero) is 1. The van der Waals surface area contributed by atoms with Crippen LogP contribution >= 0.6 is 0 Å². The summed E-state index contributed by atoms with van der Waals surface area (Å²) in [4.78, 5) is 12.5. The number of allylic oxidation sites excluding steroid dienone is 1. The zero-order chi connectivity index (χ0) is 13.7. The van der Waals surface area contributed by atoms with E-state index in [2.05, 4.69) is 37.8 Å². The van der Waals surface area contributed by atoms with Crippen LogP contribution in [-0.4, -0.2) is 5.78 Å². The highest BCUT2D eigenvalue weighted by molar-refractivity contribution is 5.83. The molecular formula is C18H24O. The van der Waals surface area contributed by atoms with Crippen LogP contribution < -0.4 is 0 Å². The fraction of sp³-hybridized carbons (Fsp3) is 0.500. The van der Waals surface area contributed by atoms with Gasteiger partial charge in [0.1, 0.15) is 5.78 Å². The summed E-state index contributed by atoms with van der Waals surface area (Å²) in [5.41, 5.74) is 1.35. The highest BCUT2D eigenvalue weighted by Gasteiger charge is 2.41. The first kappa shape index (κ1) is 14.0. The molecule has 0 aliphatic heterocycles. The van der Waals surface area contributed by atoms with Crippen molar-refractivity contribution in [1.29, 1.82) is 0 Å². The molecule has 0 bridgehead atoms. The summed E-state index contributed by atoms with van der Waals surface area (Å²) in [6, 6.07) is 10.6. The molecule has 2 unspecified atom stereocenters. The van der Waals surface area contributed by atoms with E-state index in [0.29, 0.717) is 12.2 Å². The van der Waals surface area contributed by atoms with Gasteiger partial charge in [-0.2, -0.15) is 0 Å². The SMILES string of the molecule is C=CCCC(=O)C1CCCCC1(C)c1ccccc1. The summed E-state index contributed by atoms with van der Waals surface area (Å²) >= 11 is 0. The molecule has 1 aromatic rings. The van der Waals surface area contributed by atoms with E-state index in [0.717, 1.165) is 19.3 Å². The first-order chi connectivity index (χ1) is 9.18. The zero-order valence-corrected chi connectivity index (χ0v) is 11.9. The molecule has 2 rings (SSSR count). The zero-order valence-electron chi connectivity index (χ0n) is 11.9. The van der Waals surface area contributed by atoms with Crippen molar-refractivity contribution in [2.45, 2.75) is 50.9 Å². The van der Waals surface area contributed by atoms with E-state index in [4.69, 9.17) is 0 Å². The molecule has 1 nitrogen and oxygen atoms in total. The normalized spacial score (nSPS) is 26.9. The van der Waals surface area contributed by atoms with Gasteiger partial charge >= 0.3 is 0 Å². The fourth-order valence-corrected chi connectivity index (χ4v) is 3.43. The number of carbonyl (C=O) groups excluding carboxylic acids is 1. The van der Waals surface area contributed by atoms with Gasteiger partial charge in [-0.3, -0.25) is 4.79 Å². The van der Waals surface area contributed by atoms with Crippen LogP contribution in [0.3, 0.4) is 0 Å². The summed E-state index contributed by atoms with van der Waals surface area (Å²) in [6.07, 6.45) is 7.89. The van der Waals surface area contributed by atoms with Crippen LogP contribution in [0.1, 0.15) is 51.0 Å². The summed E-state index contributed by atoms with van der Waals surface area (Å²) < 4.78 is 0. The van der Waals surface area contributed by atoms with Gasteiger partial charge in [0.05, 0.1) is 0 Å². The van der Waals surface area contributed by atoms with Crippen molar-refractivity contribution in [2.24, 2.45) is 5.92 Å². The van der Waals surface area contributed by atoms with Crippen LogP contribution in [0.5, 0.6) is 0 Å². The largest absolute Gasteiger partial charge is 0.299 e. The Morgan fingerprint density at radius 2 is 2.11 bits per heavy atom. The smallest absolute Gasteiger partial charge is 0.137 e. The van der Waals surface area contributed by atoms with Gasteiger partial charge in [0.2, 0.25) is 0 Å². The van der Waals surface area contributed by atoms with E-state index >= 15 is 0 Å². The third-order valence-corrected chi connectivity index (χ3v) is 4.62.